The zero-order valence-electron chi connectivity index (χ0n) is 8.49. The van der Waals surface area contributed by atoms with Crippen molar-refractivity contribution in [2.75, 3.05) is 13.2 Å². The van der Waals surface area contributed by atoms with Crippen LogP contribution in [0.1, 0.15) is 26.7 Å². The minimum atomic E-state index is -1.18. The van der Waals surface area contributed by atoms with Crippen LogP contribution in [0.2, 0.25) is 0 Å². The van der Waals surface area contributed by atoms with E-state index in [0.717, 1.165) is 6.42 Å². The van der Waals surface area contributed by atoms with E-state index in [0.29, 0.717) is 13.2 Å². The van der Waals surface area contributed by atoms with Crippen LogP contribution in [-0.2, 0) is 19.1 Å². The average molecular weight is 204 g/mol. The molecule has 0 aliphatic heterocycles. The first-order chi connectivity index (χ1) is 6.56. The lowest BCUT2D eigenvalue weighted by molar-refractivity contribution is -0.156. The van der Waals surface area contributed by atoms with Gasteiger partial charge in [-0.2, -0.15) is 0 Å². The first-order valence-electron chi connectivity index (χ1n) is 4.55. The largest absolute Gasteiger partial charge is 0.481 e. The van der Waals surface area contributed by atoms with Gasteiger partial charge in [-0.25, -0.2) is 0 Å². The highest BCUT2D eigenvalue weighted by Crippen LogP contribution is 1.96. The number of esters is 1. The van der Waals surface area contributed by atoms with Gasteiger partial charge in [0.05, 0.1) is 6.61 Å². The third kappa shape index (κ3) is 7.54. The quantitative estimate of drug-likeness (QED) is 0.377. The summed E-state index contributed by atoms with van der Waals surface area (Å²) in [5.74, 6) is -1.92. The van der Waals surface area contributed by atoms with Crippen molar-refractivity contribution in [1.29, 1.82) is 0 Å². The summed E-state index contributed by atoms with van der Waals surface area (Å²) in [6.45, 7) is 4.55. The molecule has 0 aromatic rings. The Labute approximate surface area is 83.0 Å². The lowest BCUT2D eigenvalue weighted by Crippen LogP contribution is -2.22. The van der Waals surface area contributed by atoms with Gasteiger partial charge in [0.15, 0.2) is 0 Å². The van der Waals surface area contributed by atoms with Gasteiger partial charge in [-0.3, -0.25) is 9.59 Å². The molecule has 1 atom stereocenters. The van der Waals surface area contributed by atoms with Crippen LogP contribution >= 0.6 is 0 Å². The first-order valence-corrected chi connectivity index (χ1v) is 4.55. The molecular weight excluding hydrogens is 188 g/mol. The van der Waals surface area contributed by atoms with E-state index < -0.39 is 24.5 Å². The Balaban J connectivity index is 3.55. The second-order valence-corrected chi connectivity index (χ2v) is 2.95. The van der Waals surface area contributed by atoms with Crippen molar-refractivity contribution in [2.24, 2.45) is 0 Å². The van der Waals surface area contributed by atoms with Gasteiger partial charge < -0.3 is 14.6 Å². The van der Waals surface area contributed by atoms with Gasteiger partial charge in [0, 0.05) is 6.61 Å². The Morgan fingerprint density at radius 1 is 1.43 bits per heavy atom. The fourth-order valence-electron chi connectivity index (χ4n) is 0.817. The van der Waals surface area contributed by atoms with Crippen LogP contribution < -0.4 is 0 Å². The average Bonchev–Trinajstić information content (AvgIpc) is 2.02. The molecule has 0 aliphatic carbocycles. The molecule has 0 rings (SSSR count). The molecule has 0 aromatic heterocycles. The summed E-state index contributed by atoms with van der Waals surface area (Å²) in [7, 11) is 0. The summed E-state index contributed by atoms with van der Waals surface area (Å²) in [5, 5.41) is 8.28. The molecule has 0 bridgehead atoms. The fraction of sp³-hybridized carbons (Fsp3) is 0.778. The maximum atomic E-state index is 10.8. The van der Waals surface area contributed by atoms with E-state index in [1.54, 1.807) is 6.92 Å². The molecule has 1 N–H and O–H groups in total. The number of carboxylic acids is 1. The van der Waals surface area contributed by atoms with Crippen molar-refractivity contribution in [3.63, 3.8) is 0 Å². The molecule has 5 heteroatoms. The summed E-state index contributed by atoms with van der Waals surface area (Å²) in [5.41, 5.74) is 0. The number of carbonyl (C=O) groups is 2. The number of carbonyl (C=O) groups excluding carboxylic acids is 1. The van der Waals surface area contributed by atoms with E-state index in [4.69, 9.17) is 14.6 Å². The smallest absolute Gasteiger partial charge is 0.317 e. The Hall–Kier alpha value is -1.10. The predicted octanol–water partition coefficient (Wildman–Crippen LogP) is 0.819. The number of aliphatic carboxylic acids is 1. The van der Waals surface area contributed by atoms with Gasteiger partial charge >= 0.3 is 11.9 Å². The first kappa shape index (κ1) is 12.9. The Bertz CT molecular complexity index is 190. The molecular formula is C9H16O5. The van der Waals surface area contributed by atoms with Gasteiger partial charge in [0.2, 0.25) is 0 Å². The van der Waals surface area contributed by atoms with E-state index in [2.05, 4.69) is 0 Å². The van der Waals surface area contributed by atoms with Crippen LogP contribution in [0.5, 0.6) is 0 Å². The van der Waals surface area contributed by atoms with Crippen LogP contribution in [0.4, 0.5) is 0 Å². The number of rotatable bonds is 7. The number of ether oxygens (including phenoxy) is 2. The van der Waals surface area contributed by atoms with Crippen molar-refractivity contribution in [1.82, 2.24) is 0 Å². The standard InChI is InChI=1S/C9H16O5/c1-3-4-13-6-7(2)14-9(12)5-8(10)11/h7H,3-6H2,1-2H3,(H,10,11). The van der Waals surface area contributed by atoms with Crippen molar-refractivity contribution in [3.05, 3.63) is 0 Å². The molecule has 0 aromatic carbocycles. The summed E-state index contributed by atoms with van der Waals surface area (Å²) in [6.07, 6.45) is -0.0955. The minimum absolute atomic E-state index is 0.305. The second kappa shape index (κ2) is 7.32. The molecule has 0 fully saturated rings. The van der Waals surface area contributed by atoms with Gasteiger partial charge in [-0.05, 0) is 13.3 Å². The zero-order valence-corrected chi connectivity index (χ0v) is 8.49. The summed E-state index contributed by atoms with van der Waals surface area (Å²) < 4.78 is 9.89. The van der Waals surface area contributed by atoms with Crippen LogP contribution in [0.3, 0.4) is 0 Å². The van der Waals surface area contributed by atoms with Gasteiger partial charge in [0.1, 0.15) is 12.5 Å². The normalized spacial score (nSPS) is 12.1. The lowest BCUT2D eigenvalue weighted by Gasteiger charge is -2.12. The highest BCUT2D eigenvalue weighted by atomic mass is 16.6. The van der Waals surface area contributed by atoms with Gasteiger partial charge in [-0.15, -0.1) is 0 Å². The molecule has 0 saturated carbocycles. The Kier molecular flexibility index (Phi) is 6.74. The van der Waals surface area contributed by atoms with Crippen LogP contribution in [0, 0.1) is 0 Å². The van der Waals surface area contributed by atoms with E-state index in [1.807, 2.05) is 6.92 Å². The second-order valence-electron chi connectivity index (χ2n) is 2.95. The number of carboxylic acid groups (broad SMARTS) is 1. The van der Waals surface area contributed by atoms with E-state index >= 15 is 0 Å². The van der Waals surface area contributed by atoms with Crippen molar-refractivity contribution in [3.8, 4) is 0 Å². The third-order valence-corrected chi connectivity index (χ3v) is 1.33. The summed E-state index contributed by atoms with van der Waals surface area (Å²) >= 11 is 0. The highest BCUT2D eigenvalue weighted by molar-refractivity contribution is 5.90. The number of hydrogen-bond donors (Lipinski definition) is 1. The maximum Gasteiger partial charge on any atom is 0.317 e. The van der Waals surface area contributed by atoms with Crippen LogP contribution in [0.25, 0.3) is 0 Å². The van der Waals surface area contributed by atoms with Crippen LogP contribution in [0.15, 0.2) is 0 Å². The summed E-state index contributed by atoms with van der Waals surface area (Å²) in [6, 6.07) is 0. The molecule has 5 nitrogen and oxygen atoms in total. The maximum absolute atomic E-state index is 10.8. The molecule has 1 unspecified atom stereocenters. The predicted molar refractivity (Wildman–Crippen MR) is 48.9 cm³/mol. The molecule has 14 heavy (non-hydrogen) atoms. The molecule has 0 aliphatic rings. The van der Waals surface area contributed by atoms with E-state index in [9.17, 15) is 9.59 Å². The zero-order chi connectivity index (χ0) is 11.0. The molecule has 0 saturated heterocycles. The minimum Gasteiger partial charge on any atom is -0.481 e. The van der Waals surface area contributed by atoms with E-state index in [-0.39, 0.29) is 0 Å². The Morgan fingerprint density at radius 2 is 2.07 bits per heavy atom. The molecule has 0 radical (unpaired) electrons. The molecule has 82 valence electrons. The monoisotopic (exact) mass is 204 g/mol. The third-order valence-electron chi connectivity index (χ3n) is 1.33. The highest BCUT2D eigenvalue weighted by Gasteiger charge is 2.12. The van der Waals surface area contributed by atoms with Crippen molar-refractivity contribution >= 4 is 11.9 Å². The number of hydrogen-bond acceptors (Lipinski definition) is 4. The topological polar surface area (TPSA) is 72.8 Å². The van der Waals surface area contributed by atoms with Gasteiger partial charge in [-0.1, -0.05) is 6.92 Å². The molecule has 0 heterocycles. The molecule has 0 amide bonds. The lowest BCUT2D eigenvalue weighted by atomic mass is 10.4. The Morgan fingerprint density at radius 3 is 2.57 bits per heavy atom. The summed E-state index contributed by atoms with van der Waals surface area (Å²) in [4.78, 5) is 21.0. The fourth-order valence-corrected chi connectivity index (χ4v) is 0.817. The van der Waals surface area contributed by atoms with Crippen molar-refractivity contribution in [2.45, 2.75) is 32.8 Å². The molecule has 0 spiro atoms. The van der Waals surface area contributed by atoms with Crippen molar-refractivity contribution < 1.29 is 24.2 Å². The SMILES string of the molecule is CCCOCC(C)OC(=O)CC(=O)O. The van der Waals surface area contributed by atoms with E-state index in [1.165, 1.54) is 0 Å². The van der Waals surface area contributed by atoms with Crippen LogP contribution in [-0.4, -0.2) is 36.4 Å². The van der Waals surface area contributed by atoms with Gasteiger partial charge in [0.25, 0.3) is 0 Å².